The molecule has 0 radical (unpaired) electrons. The monoisotopic (exact) mass is 240 g/mol. The van der Waals surface area contributed by atoms with Gasteiger partial charge in [-0.2, -0.15) is 0 Å². The van der Waals surface area contributed by atoms with Crippen LogP contribution < -0.4 is 0 Å². The summed E-state index contributed by atoms with van der Waals surface area (Å²) in [6.45, 7) is 0. The van der Waals surface area contributed by atoms with E-state index >= 15 is 0 Å². The molecule has 86 valence electrons. The fraction of sp³-hybridized carbons (Fsp3) is 0.250. The van der Waals surface area contributed by atoms with Gasteiger partial charge in [-0.25, -0.2) is 0 Å². The molecule has 0 amide bonds. The summed E-state index contributed by atoms with van der Waals surface area (Å²) in [5, 5.41) is 0. The highest BCUT2D eigenvalue weighted by Gasteiger charge is 2.11. The van der Waals surface area contributed by atoms with E-state index in [0.29, 0.717) is 0 Å². The summed E-state index contributed by atoms with van der Waals surface area (Å²) in [5.74, 6) is 0. The molecule has 0 saturated carbocycles. The minimum atomic E-state index is 1.26. The molecule has 1 aliphatic carbocycles. The molecule has 2 aromatic rings. The van der Waals surface area contributed by atoms with Crippen LogP contribution in [0.1, 0.15) is 17.5 Å². The Labute approximate surface area is 107 Å². The normalized spacial score (nSPS) is 13.7. The summed E-state index contributed by atoms with van der Waals surface area (Å²) in [5.41, 5.74) is 5.81. The lowest BCUT2D eigenvalue weighted by Crippen LogP contribution is -1.84. The first-order valence-electron chi connectivity index (χ1n) is 6.13. The van der Waals surface area contributed by atoms with Crippen molar-refractivity contribution in [3.05, 3.63) is 53.6 Å². The zero-order valence-corrected chi connectivity index (χ0v) is 10.9. The van der Waals surface area contributed by atoms with Gasteiger partial charge in [-0.05, 0) is 59.9 Å². The molecule has 0 spiro atoms. The first-order chi connectivity index (χ1) is 8.36. The van der Waals surface area contributed by atoms with E-state index in [9.17, 15) is 0 Å². The van der Waals surface area contributed by atoms with E-state index in [0.717, 1.165) is 0 Å². The number of rotatable bonds is 2. The SMILES string of the molecule is CSc1cccc(-c2ccc3c(c2)CCC3)c1. The van der Waals surface area contributed by atoms with Crippen LogP contribution in [-0.2, 0) is 12.8 Å². The van der Waals surface area contributed by atoms with Gasteiger partial charge >= 0.3 is 0 Å². The molecule has 0 fully saturated rings. The topological polar surface area (TPSA) is 0 Å². The standard InChI is InChI=1S/C16H16S/c1-17-16-7-3-6-14(11-16)15-9-8-12-4-2-5-13(12)10-15/h3,6-11H,2,4-5H2,1H3. The van der Waals surface area contributed by atoms with E-state index in [1.165, 1.54) is 35.3 Å². The van der Waals surface area contributed by atoms with Crippen molar-refractivity contribution in [3.63, 3.8) is 0 Å². The molecule has 1 aliphatic rings. The Kier molecular flexibility index (Phi) is 2.94. The fourth-order valence-electron chi connectivity index (χ4n) is 2.55. The average molecular weight is 240 g/mol. The van der Waals surface area contributed by atoms with Gasteiger partial charge < -0.3 is 0 Å². The van der Waals surface area contributed by atoms with Crippen LogP contribution in [-0.4, -0.2) is 6.26 Å². The van der Waals surface area contributed by atoms with Crippen LogP contribution in [0.2, 0.25) is 0 Å². The van der Waals surface area contributed by atoms with Crippen LogP contribution in [0.3, 0.4) is 0 Å². The molecule has 1 heteroatoms. The molecular weight excluding hydrogens is 224 g/mol. The highest BCUT2D eigenvalue weighted by atomic mass is 32.2. The predicted octanol–water partition coefficient (Wildman–Crippen LogP) is 4.56. The van der Waals surface area contributed by atoms with E-state index in [4.69, 9.17) is 0 Å². The third-order valence-corrected chi connectivity index (χ3v) is 4.23. The molecular formula is C16H16S. The second-order valence-electron chi connectivity index (χ2n) is 4.57. The van der Waals surface area contributed by atoms with Crippen molar-refractivity contribution in [3.8, 4) is 11.1 Å². The van der Waals surface area contributed by atoms with Gasteiger partial charge in [0.2, 0.25) is 0 Å². The summed E-state index contributed by atoms with van der Waals surface area (Å²) in [6, 6.07) is 15.8. The number of aryl methyl sites for hydroxylation is 2. The van der Waals surface area contributed by atoms with Crippen molar-refractivity contribution >= 4 is 11.8 Å². The van der Waals surface area contributed by atoms with E-state index in [2.05, 4.69) is 48.7 Å². The third kappa shape index (κ3) is 2.12. The molecule has 0 heterocycles. The van der Waals surface area contributed by atoms with Gasteiger partial charge in [0.25, 0.3) is 0 Å². The zero-order chi connectivity index (χ0) is 11.7. The Bertz CT molecular complexity index is 543. The Balaban J connectivity index is 2.03. The van der Waals surface area contributed by atoms with E-state index < -0.39 is 0 Å². The quantitative estimate of drug-likeness (QED) is 0.693. The zero-order valence-electron chi connectivity index (χ0n) is 10.1. The summed E-state index contributed by atoms with van der Waals surface area (Å²) < 4.78 is 0. The summed E-state index contributed by atoms with van der Waals surface area (Å²) >= 11 is 1.80. The van der Waals surface area contributed by atoms with Gasteiger partial charge in [-0.1, -0.05) is 30.3 Å². The summed E-state index contributed by atoms with van der Waals surface area (Å²) in [7, 11) is 0. The second kappa shape index (κ2) is 4.58. The molecule has 0 N–H and O–H groups in total. The Morgan fingerprint density at radius 2 is 1.71 bits per heavy atom. The van der Waals surface area contributed by atoms with Crippen LogP contribution in [0.5, 0.6) is 0 Å². The fourth-order valence-corrected chi connectivity index (χ4v) is 3.01. The summed E-state index contributed by atoms with van der Waals surface area (Å²) in [6.07, 6.45) is 5.97. The van der Waals surface area contributed by atoms with Crippen molar-refractivity contribution in [2.24, 2.45) is 0 Å². The van der Waals surface area contributed by atoms with Crippen LogP contribution in [0, 0.1) is 0 Å². The first kappa shape index (κ1) is 10.9. The van der Waals surface area contributed by atoms with Crippen LogP contribution in [0.25, 0.3) is 11.1 Å². The van der Waals surface area contributed by atoms with E-state index in [-0.39, 0.29) is 0 Å². The van der Waals surface area contributed by atoms with Gasteiger partial charge in [-0.15, -0.1) is 11.8 Å². The number of fused-ring (bicyclic) bond motifs is 1. The maximum atomic E-state index is 2.38. The summed E-state index contributed by atoms with van der Waals surface area (Å²) in [4.78, 5) is 1.34. The molecule has 0 aromatic heterocycles. The predicted molar refractivity (Wildman–Crippen MR) is 75.7 cm³/mol. The highest BCUT2D eigenvalue weighted by molar-refractivity contribution is 7.98. The number of benzene rings is 2. The van der Waals surface area contributed by atoms with Crippen molar-refractivity contribution < 1.29 is 0 Å². The van der Waals surface area contributed by atoms with Crippen molar-refractivity contribution in [1.29, 1.82) is 0 Å². The second-order valence-corrected chi connectivity index (χ2v) is 5.45. The lowest BCUT2D eigenvalue weighted by Gasteiger charge is -2.06. The maximum Gasteiger partial charge on any atom is 0.00752 e. The Morgan fingerprint density at radius 3 is 2.59 bits per heavy atom. The van der Waals surface area contributed by atoms with Gasteiger partial charge in [0.05, 0.1) is 0 Å². The minimum Gasteiger partial charge on any atom is -0.130 e. The Morgan fingerprint density at radius 1 is 0.882 bits per heavy atom. The molecule has 0 nitrogen and oxygen atoms in total. The van der Waals surface area contributed by atoms with Gasteiger partial charge in [0.1, 0.15) is 0 Å². The van der Waals surface area contributed by atoms with Crippen LogP contribution >= 0.6 is 11.8 Å². The minimum absolute atomic E-state index is 1.26. The molecule has 17 heavy (non-hydrogen) atoms. The molecule has 0 bridgehead atoms. The lowest BCUT2D eigenvalue weighted by molar-refractivity contribution is 0.912. The van der Waals surface area contributed by atoms with Gasteiger partial charge in [0.15, 0.2) is 0 Å². The van der Waals surface area contributed by atoms with Crippen molar-refractivity contribution in [2.75, 3.05) is 6.26 Å². The van der Waals surface area contributed by atoms with E-state index in [1.54, 1.807) is 22.9 Å². The van der Waals surface area contributed by atoms with Gasteiger partial charge in [-0.3, -0.25) is 0 Å². The number of thioether (sulfide) groups is 1. The maximum absolute atomic E-state index is 2.38. The average Bonchev–Trinajstić information content (AvgIpc) is 2.86. The largest absolute Gasteiger partial charge is 0.130 e. The number of hydrogen-bond donors (Lipinski definition) is 0. The van der Waals surface area contributed by atoms with E-state index in [1.807, 2.05) is 0 Å². The van der Waals surface area contributed by atoms with Crippen LogP contribution in [0.4, 0.5) is 0 Å². The van der Waals surface area contributed by atoms with Crippen molar-refractivity contribution in [1.82, 2.24) is 0 Å². The molecule has 0 atom stereocenters. The van der Waals surface area contributed by atoms with Crippen LogP contribution in [0.15, 0.2) is 47.4 Å². The first-order valence-corrected chi connectivity index (χ1v) is 7.35. The molecule has 2 aromatic carbocycles. The van der Waals surface area contributed by atoms with Crippen molar-refractivity contribution in [2.45, 2.75) is 24.2 Å². The Hall–Kier alpha value is -1.21. The molecule has 3 rings (SSSR count). The third-order valence-electron chi connectivity index (χ3n) is 3.50. The lowest BCUT2D eigenvalue weighted by atomic mass is 10.0. The molecule has 0 saturated heterocycles. The molecule has 0 aliphatic heterocycles. The number of hydrogen-bond acceptors (Lipinski definition) is 1. The molecule has 0 unspecified atom stereocenters. The van der Waals surface area contributed by atoms with Gasteiger partial charge in [0, 0.05) is 4.90 Å². The highest BCUT2D eigenvalue weighted by Crippen LogP contribution is 2.29. The smallest absolute Gasteiger partial charge is 0.00752 e.